The van der Waals surface area contributed by atoms with Gasteiger partial charge in [-0.1, -0.05) is 24.3 Å². The van der Waals surface area contributed by atoms with E-state index in [4.69, 9.17) is 9.97 Å². The van der Waals surface area contributed by atoms with Gasteiger partial charge >= 0.3 is 0 Å². The average Bonchev–Trinajstić information content (AvgIpc) is 3.64. The zero-order valence-electron chi connectivity index (χ0n) is 26.7. The van der Waals surface area contributed by atoms with E-state index in [1.54, 1.807) is 42.5 Å². The van der Waals surface area contributed by atoms with E-state index in [0.29, 0.717) is 72.6 Å². The third kappa shape index (κ3) is 4.43. The van der Waals surface area contributed by atoms with E-state index < -0.39 is 0 Å². The van der Waals surface area contributed by atoms with Crippen molar-refractivity contribution in [2.75, 3.05) is 0 Å². The van der Waals surface area contributed by atoms with Crippen molar-refractivity contribution >= 4 is 43.6 Å². The van der Waals surface area contributed by atoms with E-state index >= 15 is 0 Å². The van der Waals surface area contributed by atoms with Crippen LogP contribution in [0.2, 0.25) is 0 Å². The van der Waals surface area contributed by atoms with E-state index in [1.165, 1.54) is 0 Å². The number of hydrogen-bond donors (Lipinski definition) is 0. The Bertz CT molecular complexity index is 2850. The molecule has 0 saturated heterocycles. The molecule has 5 aromatic carbocycles. The quantitative estimate of drug-likeness (QED) is 0.188. The molecular weight excluding hydrogens is 619 g/mol. The van der Waals surface area contributed by atoms with Crippen LogP contribution in [0.3, 0.4) is 0 Å². The molecule has 0 N–H and O–H groups in total. The lowest BCUT2D eigenvalue weighted by Gasteiger charge is -2.19. The van der Waals surface area contributed by atoms with Crippen molar-refractivity contribution in [1.82, 2.24) is 19.1 Å². The summed E-state index contributed by atoms with van der Waals surface area (Å²) in [5.41, 5.74) is 8.08. The van der Waals surface area contributed by atoms with E-state index in [2.05, 4.69) is 30.3 Å². The van der Waals surface area contributed by atoms with Gasteiger partial charge in [-0.25, -0.2) is 9.97 Å². The molecule has 8 rings (SSSR count). The fourth-order valence-electron chi connectivity index (χ4n) is 6.89. The van der Waals surface area contributed by atoms with Gasteiger partial charge in [0.2, 0.25) is 0 Å². The van der Waals surface area contributed by atoms with Gasteiger partial charge in [-0.2, -0.15) is 26.3 Å². The molecule has 9 heteroatoms. The van der Waals surface area contributed by atoms with Crippen molar-refractivity contribution in [3.05, 3.63) is 130 Å². The predicted octanol–water partition coefficient (Wildman–Crippen LogP) is 8.31. The van der Waals surface area contributed by atoms with Crippen LogP contribution in [-0.2, 0) is 0 Å². The standard InChI is InChI=1S/C41H21N9/c1-23-11-24(2)48-41(47-23)34-17-40(50-37-14-27(20-44)5-9-32(37)33-10-6-28(21-45)15-38(33)50)39(16-29(34)22-46)49-35-12-25(18-42)3-7-30(35)31-8-4-26(19-43)13-36(31)49/h3-17H,1-2H3. The fourth-order valence-corrected chi connectivity index (χ4v) is 6.89. The summed E-state index contributed by atoms with van der Waals surface area (Å²) in [6.07, 6.45) is 0. The Balaban J connectivity index is 1.63. The summed E-state index contributed by atoms with van der Waals surface area (Å²) < 4.78 is 3.96. The number of aromatic nitrogens is 4. The van der Waals surface area contributed by atoms with Gasteiger partial charge < -0.3 is 9.13 Å². The van der Waals surface area contributed by atoms with Gasteiger partial charge in [0.25, 0.3) is 0 Å². The van der Waals surface area contributed by atoms with E-state index in [9.17, 15) is 26.3 Å². The van der Waals surface area contributed by atoms with Gasteiger partial charge in [-0.05, 0) is 80.6 Å². The number of nitriles is 5. The van der Waals surface area contributed by atoms with Gasteiger partial charge in [0.1, 0.15) is 0 Å². The molecule has 8 aromatic rings. The molecule has 3 heterocycles. The maximum atomic E-state index is 10.7. The molecule has 9 nitrogen and oxygen atoms in total. The molecule has 3 aromatic heterocycles. The number of hydrogen-bond acceptors (Lipinski definition) is 7. The molecule has 0 atom stereocenters. The fraction of sp³-hybridized carbons (Fsp3) is 0.0488. The maximum Gasteiger partial charge on any atom is 0.161 e. The summed E-state index contributed by atoms with van der Waals surface area (Å²) in [4.78, 5) is 9.43. The van der Waals surface area contributed by atoms with Crippen LogP contribution in [0.25, 0.3) is 66.4 Å². The highest BCUT2D eigenvalue weighted by molar-refractivity contribution is 6.12. The topological polar surface area (TPSA) is 155 Å². The molecule has 0 aliphatic rings. The molecule has 50 heavy (non-hydrogen) atoms. The first-order chi connectivity index (χ1) is 24.3. The smallest absolute Gasteiger partial charge is 0.161 e. The van der Waals surface area contributed by atoms with Gasteiger partial charge in [0, 0.05) is 38.5 Å². The number of benzene rings is 5. The van der Waals surface area contributed by atoms with Crippen LogP contribution in [-0.4, -0.2) is 19.1 Å². The normalized spacial score (nSPS) is 10.9. The van der Waals surface area contributed by atoms with Crippen LogP contribution in [0.1, 0.15) is 39.2 Å². The minimum Gasteiger partial charge on any atom is -0.307 e. The van der Waals surface area contributed by atoms with Crippen molar-refractivity contribution in [3.8, 4) is 53.1 Å². The highest BCUT2D eigenvalue weighted by Crippen LogP contribution is 2.41. The number of rotatable bonds is 3. The molecule has 230 valence electrons. The van der Waals surface area contributed by atoms with Gasteiger partial charge in [0.15, 0.2) is 5.82 Å². The Morgan fingerprint density at radius 3 is 1.14 bits per heavy atom. The zero-order chi connectivity index (χ0) is 34.7. The second-order valence-corrected chi connectivity index (χ2v) is 12.0. The Labute approximate surface area is 285 Å². The summed E-state index contributed by atoms with van der Waals surface area (Å²) in [6.45, 7) is 3.74. The Hall–Kier alpha value is -7.77. The zero-order valence-corrected chi connectivity index (χ0v) is 26.7. The average molecular weight is 640 g/mol. The summed E-state index contributed by atoms with van der Waals surface area (Å²) in [5, 5.41) is 53.9. The lowest BCUT2D eigenvalue weighted by molar-refractivity contribution is 1.05. The van der Waals surface area contributed by atoms with Crippen LogP contribution in [0, 0.1) is 70.5 Å². The van der Waals surface area contributed by atoms with Gasteiger partial charge in [-0.15, -0.1) is 0 Å². The van der Waals surface area contributed by atoms with Crippen molar-refractivity contribution in [1.29, 1.82) is 26.3 Å². The second kappa shape index (κ2) is 11.2. The Morgan fingerprint density at radius 1 is 0.440 bits per heavy atom. The van der Waals surface area contributed by atoms with Gasteiger partial charge in [-0.3, -0.25) is 0 Å². The molecular formula is C41H21N9. The number of aryl methyl sites for hydroxylation is 2. The lowest BCUT2D eigenvalue weighted by Crippen LogP contribution is -2.07. The minimum atomic E-state index is 0.313. The molecule has 0 saturated carbocycles. The van der Waals surface area contributed by atoms with Crippen LogP contribution in [0.5, 0.6) is 0 Å². The number of fused-ring (bicyclic) bond motifs is 6. The van der Waals surface area contributed by atoms with E-state index in [0.717, 1.165) is 32.9 Å². The monoisotopic (exact) mass is 639 g/mol. The SMILES string of the molecule is Cc1cc(C)nc(-c2cc(-n3c4cc(C#N)ccc4c4ccc(C#N)cc43)c(-n3c4cc(C#N)ccc4c4ccc(C#N)cc43)cc2C#N)n1. The lowest BCUT2D eigenvalue weighted by atomic mass is 10.0. The maximum absolute atomic E-state index is 10.7. The summed E-state index contributed by atoms with van der Waals surface area (Å²) >= 11 is 0. The van der Waals surface area contributed by atoms with E-state index in [-0.39, 0.29) is 0 Å². The van der Waals surface area contributed by atoms with Crippen molar-refractivity contribution in [2.45, 2.75) is 13.8 Å². The second-order valence-electron chi connectivity index (χ2n) is 12.0. The van der Waals surface area contributed by atoms with Crippen molar-refractivity contribution in [2.24, 2.45) is 0 Å². The first kappa shape index (κ1) is 29.6. The summed E-state index contributed by atoms with van der Waals surface area (Å²) in [5.74, 6) is 0.379. The van der Waals surface area contributed by atoms with Gasteiger partial charge in [0.05, 0.1) is 91.6 Å². The van der Waals surface area contributed by atoms with Crippen LogP contribution in [0.15, 0.2) is 91.0 Å². The van der Waals surface area contributed by atoms with Crippen LogP contribution >= 0.6 is 0 Å². The molecule has 0 amide bonds. The molecule has 0 fully saturated rings. The molecule has 0 spiro atoms. The minimum absolute atomic E-state index is 0.313. The predicted molar refractivity (Wildman–Crippen MR) is 189 cm³/mol. The third-order valence-electron chi connectivity index (χ3n) is 8.99. The highest BCUT2D eigenvalue weighted by atomic mass is 15.1. The Morgan fingerprint density at radius 2 is 0.800 bits per heavy atom. The largest absolute Gasteiger partial charge is 0.307 e. The molecule has 0 aliphatic carbocycles. The Kier molecular flexibility index (Phi) is 6.63. The van der Waals surface area contributed by atoms with Crippen LogP contribution < -0.4 is 0 Å². The molecule has 0 unspecified atom stereocenters. The summed E-state index contributed by atoms with van der Waals surface area (Å²) in [7, 11) is 0. The van der Waals surface area contributed by atoms with Crippen molar-refractivity contribution in [3.63, 3.8) is 0 Å². The molecule has 0 bridgehead atoms. The highest BCUT2D eigenvalue weighted by Gasteiger charge is 2.24. The first-order valence-corrected chi connectivity index (χ1v) is 15.5. The third-order valence-corrected chi connectivity index (χ3v) is 8.99. The first-order valence-electron chi connectivity index (χ1n) is 15.5. The molecule has 0 radical (unpaired) electrons. The van der Waals surface area contributed by atoms with Crippen molar-refractivity contribution < 1.29 is 0 Å². The van der Waals surface area contributed by atoms with E-state index in [1.807, 2.05) is 71.5 Å². The summed E-state index contributed by atoms with van der Waals surface area (Å²) in [6, 6.07) is 38.7. The number of nitrogens with zero attached hydrogens (tertiary/aromatic N) is 9. The molecule has 0 aliphatic heterocycles. The van der Waals surface area contributed by atoms with Crippen LogP contribution in [0.4, 0.5) is 0 Å².